The number of amides is 3. The standard InChI is InChI=1S/C25H26FN3O3/c1-14(2)12-18-20-21(23(31)28(3)22(20)30)25(27-18)16-9-5-7-11-19(16)29(24(25)32)13-15-8-4-6-10-17(15)26/h4-11,14,18,20-21,27H,12-13H2,1-3H3. The molecule has 4 atom stereocenters. The lowest BCUT2D eigenvalue weighted by Crippen LogP contribution is -2.54. The van der Waals surface area contributed by atoms with Crippen molar-refractivity contribution in [2.75, 3.05) is 11.9 Å². The van der Waals surface area contributed by atoms with Gasteiger partial charge in [0.2, 0.25) is 11.8 Å². The Morgan fingerprint density at radius 2 is 1.72 bits per heavy atom. The van der Waals surface area contributed by atoms with Gasteiger partial charge in [0, 0.05) is 29.9 Å². The molecule has 7 heteroatoms. The SMILES string of the molecule is CC(C)CC1NC2(C(=O)N(Cc3ccccc3F)c3ccccc32)C2C(=O)N(C)C(=O)C12. The van der Waals surface area contributed by atoms with Crippen LogP contribution in [0.25, 0.3) is 0 Å². The Balaban J connectivity index is 1.65. The van der Waals surface area contributed by atoms with Crippen molar-refractivity contribution >= 4 is 23.4 Å². The zero-order valence-corrected chi connectivity index (χ0v) is 18.3. The van der Waals surface area contributed by atoms with Crippen molar-refractivity contribution in [1.82, 2.24) is 10.2 Å². The number of para-hydroxylation sites is 1. The molecule has 0 aromatic heterocycles. The highest BCUT2D eigenvalue weighted by atomic mass is 19.1. The first-order chi connectivity index (χ1) is 15.3. The normalized spacial score (nSPS) is 28.9. The summed E-state index contributed by atoms with van der Waals surface area (Å²) >= 11 is 0. The molecule has 1 N–H and O–H groups in total. The number of imide groups is 1. The molecule has 32 heavy (non-hydrogen) atoms. The summed E-state index contributed by atoms with van der Waals surface area (Å²) in [5, 5.41) is 3.46. The summed E-state index contributed by atoms with van der Waals surface area (Å²) in [6.45, 7) is 4.17. The lowest BCUT2D eigenvalue weighted by atomic mass is 9.76. The maximum Gasteiger partial charge on any atom is 0.253 e. The summed E-state index contributed by atoms with van der Waals surface area (Å²) in [6, 6.07) is 13.4. The predicted octanol–water partition coefficient (Wildman–Crippen LogP) is 2.82. The minimum Gasteiger partial charge on any atom is -0.306 e. The number of anilines is 1. The quantitative estimate of drug-likeness (QED) is 0.750. The Morgan fingerprint density at radius 1 is 1.03 bits per heavy atom. The van der Waals surface area contributed by atoms with Crippen molar-refractivity contribution in [3.05, 3.63) is 65.5 Å². The van der Waals surface area contributed by atoms with Crippen LogP contribution >= 0.6 is 0 Å². The van der Waals surface area contributed by atoms with Gasteiger partial charge in [0.1, 0.15) is 11.4 Å². The van der Waals surface area contributed by atoms with E-state index in [0.29, 0.717) is 23.2 Å². The Bertz CT molecular complexity index is 1130. The van der Waals surface area contributed by atoms with Gasteiger partial charge in [0.25, 0.3) is 5.91 Å². The number of hydrogen-bond donors (Lipinski definition) is 1. The molecule has 2 saturated heterocycles. The highest BCUT2D eigenvalue weighted by molar-refractivity contribution is 6.15. The van der Waals surface area contributed by atoms with Crippen molar-refractivity contribution < 1.29 is 18.8 Å². The fourth-order valence-electron chi connectivity index (χ4n) is 5.76. The summed E-state index contributed by atoms with van der Waals surface area (Å²) in [5.41, 5.74) is 0.391. The first-order valence-electron chi connectivity index (χ1n) is 11.0. The van der Waals surface area contributed by atoms with E-state index >= 15 is 0 Å². The van der Waals surface area contributed by atoms with E-state index in [1.807, 2.05) is 24.3 Å². The van der Waals surface area contributed by atoms with Crippen LogP contribution in [0.15, 0.2) is 48.5 Å². The first kappa shape index (κ1) is 20.8. The van der Waals surface area contributed by atoms with Crippen LogP contribution in [-0.2, 0) is 26.5 Å². The van der Waals surface area contributed by atoms with Crippen LogP contribution in [0.1, 0.15) is 31.4 Å². The highest BCUT2D eigenvalue weighted by Gasteiger charge is 2.71. The van der Waals surface area contributed by atoms with Crippen molar-refractivity contribution in [1.29, 1.82) is 0 Å². The predicted molar refractivity (Wildman–Crippen MR) is 117 cm³/mol. The van der Waals surface area contributed by atoms with Gasteiger partial charge in [-0.25, -0.2) is 4.39 Å². The minimum atomic E-state index is -1.33. The summed E-state index contributed by atoms with van der Waals surface area (Å²) in [6.07, 6.45) is 0.665. The molecule has 0 radical (unpaired) electrons. The van der Waals surface area contributed by atoms with Crippen LogP contribution in [0.3, 0.4) is 0 Å². The van der Waals surface area contributed by atoms with Gasteiger partial charge in [-0.2, -0.15) is 0 Å². The number of nitrogens with one attached hydrogen (secondary N) is 1. The van der Waals surface area contributed by atoms with E-state index in [1.165, 1.54) is 18.0 Å². The van der Waals surface area contributed by atoms with E-state index in [2.05, 4.69) is 19.2 Å². The molecule has 6 nitrogen and oxygen atoms in total. The van der Waals surface area contributed by atoms with Crippen molar-refractivity contribution in [3.63, 3.8) is 0 Å². The van der Waals surface area contributed by atoms with Gasteiger partial charge < -0.3 is 4.90 Å². The van der Waals surface area contributed by atoms with Gasteiger partial charge in [0.15, 0.2) is 0 Å². The molecule has 2 aromatic carbocycles. The van der Waals surface area contributed by atoms with Crippen molar-refractivity contribution in [2.45, 2.75) is 38.4 Å². The number of halogens is 1. The maximum absolute atomic E-state index is 14.4. The van der Waals surface area contributed by atoms with E-state index in [-0.39, 0.29) is 42.0 Å². The van der Waals surface area contributed by atoms with Crippen LogP contribution < -0.4 is 10.2 Å². The fourth-order valence-corrected chi connectivity index (χ4v) is 5.76. The fraction of sp³-hybridized carbons (Fsp3) is 0.400. The molecular weight excluding hydrogens is 409 g/mol. The third-order valence-electron chi connectivity index (χ3n) is 7.10. The van der Waals surface area contributed by atoms with Crippen molar-refractivity contribution in [3.8, 4) is 0 Å². The molecule has 3 heterocycles. The van der Waals surface area contributed by atoms with Crippen LogP contribution in [0.4, 0.5) is 10.1 Å². The minimum absolute atomic E-state index is 0.0517. The highest BCUT2D eigenvalue weighted by Crippen LogP contribution is 2.55. The molecule has 5 rings (SSSR count). The molecule has 0 aliphatic carbocycles. The second-order valence-corrected chi connectivity index (χ2v) is 9.43. The summed E-state index contributed by atoms with van der Waals surface area (Å²) in [4.78, 5) is 43.2. The lowest BCUT2D eigenvalue weighted by Gasteiger charge is -2.30. The molecule has 0 saturated carbocycles. The number of likely N-dealkylation sites (tertiary alicyclic amines) is 1. The zero-order chi connectivity index (χ0) is 22.8. The zero-order valence-electron chi connectivity index (χ0n) is 18.3. The molecule has 3 aliphatic heterocycles. The largest absolute Gasteiger partial charge is 0.306 e. The number of benzene rings is 2. The number of hydrogen-bond acceptors (Lipinski definition) is 4. The Kier molecular flexibility index (Phi) is 4.71. The molecule has 166 valence electrons. The number of carbonyl (C=O) groups is 3. The average Bonchev–Trinajstić information content (AvgIpc) is 3.30. The molecule has 3 aliphatic rings. The van der Waals surface area contributed by atoms with Gasteiger partial charge in [-0.05, 0) is 24.5 Å². The molecule has 1 spiro atoms. The van der Waals surface area contributed by atoms with Crippen LogP contribution in [0.2, 0.25) is 0 Å². The van der Waals surface area contributed by atoms with Gasteiger partial charge in [0.05, 0.1) is 18.4 Å². The Hall–Kier alpha value is -3.06. The number of fused-ring (bicyclic) bond motifs is 4. The number of carbonyl (C=O) groups excluding carboxylic acids is 3. The molecule has 2 fully saturated rings. The average molecular weight is 435 g/mol. The second kappa shape index (κ2) is 7.24. The van der Waals surface area contributed by atoms with Crippen LogP contribution in [0, 0.1) is 23.6 Å². The van der Waals surface area contributed by atoms with Gasteiger partial charge in [-0.1, -0.05) is 50.2 Å². The topological polar surface area (TPSA) is 69.7 Å². The van der Waals surface area contributed by atoms with E-state index < -0.39 is 17.4 Å². The van der Waals surface area contributed by atoms with Crippen molar-refractivity contribution in [2.24, 2.45) is 17.8 Å². The number of nitrogens with zero attached hydrogens (tertiary/aromatic N) is 2. The molecular formula is C25H26FN3O3. The smallest absolute Gasteiger partial charge is 0.253 e. The van der Waals surface area contributed by atoms with E-state index in [9.17, 15) is 18.8 Å². The Morgan fingerprint density at radius 3 is 2.44 bits per heavy atom. The first-order valence-corrected chi connectivity index (χ1v) is 11.0. The Labute approximate surface area is 186 Å². The van der Waals surface area contributed by atoms with E-state index in [4.69, 9.17) is 0 Å². The maximum atomic E-state index is 14.4. The molecule has 3 amide bonds. The van der Waals surface area contributed by atoms with Gasteiger partial charge in [-0.3, -0.25) is 24.6 Å². The van der Waals surface area contributed by atoms with E-state index in [0.717, 1.165) is 0 Å². The third-order valence-corrected chi connectivity index (χ3v) is 7.10. The summed E-state index contributed by atoms with van der Waals surface area (Å²) < 4.78 is 14.4. The monoisotopic (exact) mass is 435 g/mol. The second-order valence-electron chi connectivity index (χ2n) is 9.43. The molecule has 2 aromatic rings. The lowest BCUT2D eigenvalue weighted by molar-refractivity contribution is -0.141. The van der Waals surface area contributed by atoms with Gasteiger partial charge in [-0.15, -0.1) is 0 Å². The van der Waals surface area contributed by atoms with Crippen LogP contribution in [-0.4, -0.2) is 35.7 Å². The summed E-state index contributed by atoms with van der Waals surface area (Å²) in [7, 11) is 1.49. The summed E-state index contributed by atoms with van der Waals surface area (Å²) in [5.74, 6) is -2.41. The van der Waals surface area contributed by atoms with E-state index in [1.54, 1.807) is 23.1 Å². The third kappa shape index (κ3) is 2.70. The number of rotatable bonds is 4. The molecule has 4 unspecified atom stereocenters. The van der Waals surface area contributed by atoms with Crippen LogP contribution in [0.5, 0.6) is 0 Å². The molecule has 0 bridgehead atoms. The van der Waals surface area contributed by atoms with Gasteiger partial charge >= 0.3 is 0 Å².